The second kappa shape index (κ2) is 6.29. The Hall–Kier alpha value is -0.510. The summed E-state index contributed by atoms with van der Waals surface area (Å²) in [6.45, 7) is 1.91. The van der Waals surface area contributed by atoms with E-state index in [0.29, 0.717) is 12.0 Å². The fraction of sp³-hybridized carbons (Fsp3) is 0.625. The molecule has 1 aromatic carbocycles. The molecule has 0 spiro atoms. The molecule has 2 unspecified atom stereocenters. The van der Waals surface area contributed by atoms with Gasteiger partial charge in [-0.25, -0.2) is 0 Å². The third-order valence-electron chi connectivity index (χ3n) is 4.52. The van der Waals surface area contributed by atoms with Crippen molar-refractivity contribution in [2.24, 2.45) is 5.92 Å². The molecule has 2 nitrogen and oxygen atoms in total. The van der Waals surface area contributed by atoms with Crippen LogP contribution in [0.25, 0.3) is 0 Å². The monoisotopic (exact) mass is 277 g/mol. The molecular weight excluding hydrogens is 254 g/mol. The summed E-state index contributed by atoms with van der Waals surface area (Å²) in [4.78, 5) is 1.49. The second-order valence-corrected chi connectivity index (χ2v) is 6.70. The molecule has 2 aliphatic rings. The van der Waals surface area contributed by atoms with E-state index >= 15 is 0 Å². The van der Waals surface area contributed by atoms with Crippen molar-refractivity contribution >= 4 is 11.8 Å². The van der Waals surface area contributed by atoms with Crippen molar-refractivity contribution in [1.82, 2.24) is 5.32 Å². The smallest absolute Gasteiger partial charge is 0.0468 e. The van der Waals surface area contributed by atoms with Crippen molar-refractivity contribution in [2.45, 2.75) is 36.1 Å². The highest BCUT2D eigenvalue weighted by Crippen LogP contribution is 2.42. The molecule has 1 fully saturated rings. The molecule has 0 saturated carbocycles. The zero-order valence-corrected chi connectivity index (χ0v) is 12.4. The van der Waals surface area contributed by atoms with Gasteiger partial charge in [-0.3, -0.25) is 0 Å². The number of likely N-dealkylation sites (N-methyl/N-ethyl adjacent to an activating group) is 1. The summed E-state index contributed by atoms with van der Waals surface area (Å²) in [5, 5.41) is 3.58. The van der Waals surface area contributed by atoms with Crippen LogP contribution in [0.3, 0.4) is 0 Å². The Kier molecular flexibility index (Phi) is 4.46. The van der Waals surface area contributed by atoms with Crippen molar-refractivity contribution < 1.29 is 4.74 Å². The SMILES string of the molecule is CNC(CC1CCOCC1)C1CSc2ccccc21. The zero-order valence-electron chi connectivity index (χ0n) is 11.6. The van der Waals surface area contributed by atoms with Crippen molar-refractivity contribution in [2.75, 3.05) is 26.0 Å². The number of rotatable bonds is 4. The summed E-state index contributed by atoms with van der Waals surface area (Å²) in [6, 6.07) is 9.52. The summed E-state index contributed by atoms with van der Waals surface area (Å²) in [6.07, 6.45) is 3.76. The molecule has 1 saturated heterocycles. The van der Waals surface area contributed by atoms with Gasteiger partial charge in [-0.05, 0) is 43.9 Å². The van der Waals surface area contributed by atoms with Crippen molar-refractivity contribution in [3.63, 3.8) is 0 Å². The molecule has 0 amide bonds. The first-order valence-corrected chi connectivity index (χ1v) is 8.34. The summed E-state index contributed by atoms with van der Waals surface area (Å²) in [5.41, 5.74) is 1.55. The Morgan fingerprint density at radius 3 is 2.89 bits per heavy atom. The molecule has 3 heteroatoms. The van der Waals surface area contributed by atoms with Crippen LogP contribution >= 0.6 is 11.8 Å². The van der Waals surface area contributed by atoms with Crippen LogP contribution in [0.5, 0.6) is 0 Å². The Labute approximate surface area is 120 Å². The van der Waals surface area contributed by atoms with Gasteiger partial charge in [0.05, 0.1) is 0 Å². The molecule has 2 atom stereocenters. The molecule has 0 bridgehead atoms. The molecule has 19 heavy (non-hydrogen) atoms. The summed E-state index contributed by atoms with van der Waals surface area (Å²) in [5.74, 6) is 2.74. The highest BCUT2D eigenvalue weighted by molar-refractivity contribution is 7.99. The fourth-order valence-corrected chi connectivity index (χ4v) is 4.68. The Balaban J connectivity index is 1.69. The van der Waals surface area contributed by atoms with E-state index in [1.807, 2.05) is 11.8 Å². The lowest BCUT2D eigenvalue weighted by molar-refractivity contribution is 0.0600. The van der Waals surface area contributed by atoms with Crippen molar-refractivity contribution in [3.8, 4) is 0 Å². The molecule has 2 aliphatic heterocycles. The highest BCUT2D eigenvalue weighted by atomic mass is 32.2. The van der Waals surface area contributed by atoms with Gasteiger partial charge in [0.2, 0.25) is 0 Å². The first kappa shape index (κ1) is 13.5. The Morgan fingerprint density at radius 2 is 2.11 bits per heavy atom. The first-order valence-electron chi connectivity index (χ1n) is 7.35. The van der Waals surface area contributed by atoms with Gasteiger partial charge in [0, 0.05) is 35.8 Å². The van der Waals surface area contributed by atoms with E-state index in [2.05, 4.69) is 36.6 Å². The maximum Gasteiger partial charge on any atom is 0.0468 e. The largest absolute Gasteiger partial charge is 0.381 e. The molecule has 0 radical (unpaired) electrons. The van der Waals surface area contributed by atoms with E-state index in [-0.39, 0.29) is 0 Å². The van der Waals surface area contributed by atoms with Gasteiger partial charge in [-0.2, -0.15) is 0 Å². The molecule has 1 aromatic rings. The third kappa shape index (κ3) is 2.99. The molecule has 104 valence electrons. The standard InChI is InChI=1S/C16H23NOS/c1-17-15(10-12-6-8-18-9-7-12)14-11-19-16-5-3-2-4-13(14)16/h2-5,12,14-15,17H,6-11H2,1H3. The lowest BCUT2D eigenvalue weighted by Gasteiger charge is -2.30. The number of fused-ring (bicyclic) bond motifs is 1. The molecule has 2 heterocycles. The first-order chi connectivity index (χ1) is 9.38. The van der Waals surface area contributed by atoms with Gasteiger partial charge in [0.15, 0.2) is 0 Å². The van der Waals surface area contributed by atoms with Gasteiger partial charge in [0.1, 0.15) is 0 Å². The lowest BCUT2D eigenvalue weighted by atomic mass is 9.84. The number of ether oxygens (including phenoxy) is 1. The third-order valence-corrected chi connectivity index (χ3v) is 5.73. The minimum Gasteiger partial charge on any atom is -0.381 e. The van der Waals surface area contributed by atoms with E-state index in [4.69, 9.17) is 4.74 Å². The average Bonchev–Trinajstić information content (AvgIpc) is 2.90. The van der Waals surface area contributed by atoms with Crippen LogP contribution in [0.4, 0.5) is 0 Å². The van der Waals surface area contributed by atoms with Crippen LogP contribution in [-0.4, -0.2) is 32.1 Å². The van der Waals surface area contributed by atoms with Crippen molar-refractivity contribution in [3.05, 3.63) is 29.8 Å². The van der Waals surface area contributed by atoms with Crippen LogP contribution in [-0.2, 0) is 4.74 Å². The van der Waals surface area contributed by atoms with E-state index in [1.165, 1.54) is 29.9 Å². The van der Waals surface area contributed by atoms with Gasteiger partial charge in [-0.1, -0.05) is 18.2 Å². The highest BCUT2D eigenvalue weighted by Gasteiger charge is 2.31. The van der Waals surface area contributed by atoms with Gasteiger partial charge in [-0.15, -0.1) is 11.8 Å². The zero-order chi connectivity index (χ0) is 13.1. The predicted molar refractivity (Wildman–Crippen MR) is 80.9 cm³/mol. The van der Waals surface area contributed by atoms with E-state index in [9.17, 15) is 0 Å². The Bertz CT molecular complexity index is 417. The predicted octanol–water partition coefficient (Wildman–Crippen LogP) is 3.28. The number of nitrogens with one attached hydrogen (secondary N) is 1. The molecule has 1 N–H and O–H groups in total. The van der Waals surface area contributed by atoms with E-state index in [0.717, 1.165) is 19.1 Å². The number of hydrogen-bond donors (Lipinski definition) is 1. The quantitative estimate of drug-likeness (QED) is 0.912. The maximum atomic E-state index is 5.47. The summed E-state index contributed by atoms with van der Waals surface area (Å²) >= 11 is 2.02. The molecular formula is C16H23NOS. The van der Waals surface area contributed by atoms with Crippen LogP contribution in [0, 0.1) is 5.92 Å². The van der Waals surface area contributed by atoms with Crippen molar-refractivity contribution in [1.29, 1.82) is 0 Å². The molecule has 0 aliphatic carbocycles. The van der Waals surface area contributed by atoms with Gasteiger partial charge < -0.3 is 10.1 Å². The normalized spacial score (nSPS) is 25.2. The Morgan fingerprint density at radius 1 is 1.32 bits per heavy atom. The second-order valence-electron chi connectivity index (χ2n) is 5.64. The van der Waals surface area contributed by atoms with Crippen LogP contribution in [0.2, 0.25) is 0 Å². The van der Waals surface area contributed by atoms with E-state index < -0.39 is 0 Å². The number of hydrogen-bond acceptors (Lipinski definition) is 3. The average molecular weight is 277 g/mol. The fourth-order valence-electron chi connectivity index (χ4n) is 3.35. The molecule has 3 rings (SSSR count). The van der Waals surface area contributed by atoms with Gasteiger partial charge in [0.25, 0.3) is 0 Å². The number of thioether (sulfide) groups is 1. The number of benzene rings is 1. The maximum absolute atomic E-state index is 5.47. The van der Waals surface area contributed by atoms with Crippen LogP contribution < -0.4 is 5.32 Å². The lowest BCUT2D eigenvalue weighted by Crippen LogP contribution is -2.35. The van der Waals surface area contributed by atoms with Crippen LogP contribution in [0.1, 0.15) is 30.7 Å². The minimum absolute atomic E-state index is 0.610. The summed E-state index contributed by atoms with van der Waals surface area (Å²) in [7, 11) is 2.12. The minimum atomic E-state index is 0.610. The topological polar surface area (TPSA) is 21.3 Å². The van der Waals surface area contributed by atoms with Gasteiger partial charge >= 0.3 is 0 Å². The van der Waals surface area contributed by atoms with Crippen LogP contribution in [0.15, 0.2) is 29.2 Å². The molecule has 0 aromatic heterocycles. The van der Waals surface area contributed by atoms with E-state index in [1.54, 1.807) is 5.56 Å². The summed E-state index contributed by atoms with van der Waals surface area (Å²) < 4.78 is 5.47.